The van der Waals surface area contributed by atoms with Crippen LogP contribution in [0.5, 0.6) is 0 Å². The largest absolute Gasteiger partial charge is 0.306 e. The molecular weight excluding hydrogens is 268 g/mol. The molecule has 0 amide bonds. The quantitative estimate of drug-likeness (QED) is 0.905. The normalized spacial score (nSPS) is 11.9. The lowest BCUT2D eigenvalue weighted by Crippen LogP contribution is -2.18. The second-order valence-electron chi connectivity index (χ2n) is 4.93. The van der Waals surface area contributed by atoms with Gasteiger partial charge in [-0.05, 0) is 37.1 Å². The van der Waals surface area contributed by atoms with Crippen molar-refractivity contribution in [1.82, 2.24) is 5.32 Å². The molecule has 2 nitrogen and oxygen atoms in total. The number of halogens is 1. The lowest BCUT2D eigenvalue weighted by molar-refractivity contribution is 0.574. The van der Waals surface area contributed by atoms with E-state index in [4.69, 9.17) is 16.9 Å². The van der Waals surface area contributed by atoms with E-state index in [0.29, 0.717) is 17.1 Å². The molecular formula is C17H17ClN2. The minimum atomic E-state index is 0.252. The molecule has 0 aliphatic heterocycles. The number of nitriles is 1. The zero-order valence-electron chi connectivity index (χ0n) is 11.7. The maximum absolute atomic E-state index is 8.82. The molecule has 2 aromatic rings. The molecule has 0 heterocycles. The van der Waals surface area contributed by atoms with E-state index in [-0.39, 0.29) is 6.04 Å². The van der Waals surface area contributed by atoms with Crippen LogP contribution in [0.15, 0.2) is 42.5 Å². The fourth-order valence-corrected chi connectivity index (χ4v) is 2.24. The fraction of sp³-hybridized carbons (Fsp3) is 0.235. The van der Waals surface area contributed by atoms with E-state index in [9.17, 15) is 0 Å². The third-order valence-corrected chi connectivity index (χ3v) is 3.71. The molecule has 0 spiro atoms. The summed E-state index contributed by atoms with van der Waals surface area (Å²) in [6.45, 7) is 4.89. The van der Waals surface area contributed by atoms with Gasteiger partial charge in [-0.15, -0.1) is 0 Å². The highest BCUT2D eigenvalue weighted by Crippen LogP contribution is 2.19. The van der Waals surface area contributed by atoms with E-state index < -0.39 is 0 Å². The third-order valence-electron chi connectivity index (χ3n) is 3.36. The molecule has 0 unspecified atom stereocenters. The van der Waals surface area contributed by atoms with Gasteiger partial charge in [0.05, 0.1) is 11.6 Å². The monoisotopic (exact) mass is 284 g/mol. The van der Waals surface area contributed by atoms with Gasteiger partial charge < -0.3 is 5.32 Å². The first kappa shape index (κ1) is 14.6. The predicted octanol–water partition coefficient (Wildman–Crippen LogP) is 4.37. The number of nitrogens with one attached hydrogen (secondary N) is 1. The van der Waals surface area contributed by atoms with E-state index in [1.165, 1.54) is 11.1 Å². The van der Waals surface area contributed by atoms with Gasteiger partial charge >= 0.3 is 0 Å². The van der Waals surface area contributed by atoms with Crippen molar-refractivity contribution in [2.45, 2.75) is 26.4 Å². The van der Waals surface area contributed by atoms with Crippen molar-refractivity contribution in [3.8, 4) is 6.07 Å². The molecule has 2 rings (SSSR count). The van der Waals surface area contributed by atoms with Gasteiger partial charge in [0.25, 0.3) is 0 Å². The number of aryl methyl sites for hydroxylation is 1. The second kappa shape index (κ2) is 6.56. The zero-order chi connectivity index (χ0) is 14.5. The summed E-state index contributed by atoms with van der Waals surface area (Å²) in [5, 5.41) is 12.9. The van der Waals surface area contributed by atoms with Gasteiger partial charge in [-0.3, -0.25) is 0 Å². The van der Waals surface area contributed by atoms with Gasteiger partial charge in [-0.25, -0.2) is 0 Å². The number of benzene rings is 2. The Morgan fingerprint density at radius 1 is 1.20 bits per heavy atom. The van der Waals surface area contributed by atoms with Crippen LogP contribution in [0.25, 0.3) is 0 Å². The third kappa shape index (κ3) is 3.60. The molecule has 0 bridgehead atoms. The fourth-order valence-electron chi connectivity index (χ4n) is 2.00. The van der Waals surface area contributed by atoms with Crippen molar-refractivity contribution >= 4 is 11.6 Å². The predicted molar refractivity (Wildman–Crippen MR) is 82.6 cm³/mol. The summed E-state index contributed by atoms with van der Waals surface area (Å²) >= 11 is 6.17. The first-order valence-electron chi connectivity index (χ1n) is 6.58. The summed E-state index contributed by atoms with van der Waals surface area (Å²) in [5.41, 5.74) is 4.10. The summed E-state index contributed by atoms with van der Waals surface area (Å²) in [7, 11) is 0. The van der Waals surface area contributed by atoms with Gasteiger partial charge in [-0.2, -0.15) is 5.26 Å². The highest BCUT2D eigenvalue weighted by molar-refractivity contribution is 6.31. The Labute approximate surface area is 125 Å². The van der Waals surface area contributed by atoms with E-state index in [1.807, 2.05) is 6.07 Å². The maximum Gasteiger partial charge on any atom is 0.0992 e. The van der Waals surface area contributed by atoms with Crippen LogP contribution in [0.1, 0.15) is 35.2 Å². The van der Waals surface area contributed by atoms with E-state index in [2.05, 4.69) is 49.5 Å². The Bertz CT molecular complexity index is 626. The lowest BCUT2D eigenvalue weighted by atomic mass is 10.1. The Balaban J connectivity index is 2.01. The van der Waals surface area contributed by atoms with Crippen LogP contribution in [0.3, 0.4) is 0 Å². The average Bonchev–Trinajstić information content (AvgIpc) is 2.46. The molecule has 1 atom stereocenters. The SMILES string of the molecule is Cc1ccc([C@@H](C)NCc2ccc(C#N)cc2Cl)cc1. The van der Waals surface area contributed by atoms with Crippen molar-refractivity contribution in [3.63, 3.8) is 0 Å². The molecule has 0 saturated carbocycles. The Kier molecular flexibility index (Phi) is 4.79. The van der Waals surface area contributed by atoms with Crippen LogP contribution in [-0.4, -0.2) is 0 Å². The minimum Gasteiger partial charge on any atom is -0.306 e. The molecule has 0 saturated heterocycles. The maximum atomic E-state index is 8.82. The van der Waals surface area contributed by atoms with Gasteiger partial charge in [0.15, 0.2) is 0 Å². The van der Waals surface area contributed by atoms with Crippen LogP contribution in [0.4, 0.5) is 0 Å². The van der Waals surface area contributed by atoms with E-state index in [1.54, 1.807) is 12.1 Å². The molecule has 3 heteroatoms. The topological polar surface area (TPSA) is 35.8 Å². The van der Waals surface area contributed by atoms with E-state index in [0.717, 1.165) is 5.56 Å². The number of hydrogen-bond donors (Lipinski definition) is 1. The number of nitrogens with zero attached hydrogens (tertiary/aromatic N) is 1. The molecule has 0 aliphatic rings. The van der Waals surface area contributed by atoms with Gasteiger partial charge in [-0.1, -0.05) is 47.5 Å². The minimum absolute atomic E-state index is 0.252. The van der Waals surface area contributed by atoms with Crippen molar-refractivity contribution in [2.24, 2.45) is 0 Å². The molecule has 0 fully saturated rings. The summed E-state index contributed by atoms with van der Waals surface area (Å²) in [5.74, 6) is 0. The van der Waals surface area contributed by atoms with Crippen LogP contribution in [-0.2, 0) is 6.54 Å². The van der Waals surface area contributed by atoms with Gasteiger partial charge in [0.2, 0.25) is 0 Å². The highest BCUT2D eigenvalue weighted by Gasteiger charge is 2.07. The molecule has 1 N–H and O–H groups in total. The summed E-state index contributed by atoms with van der Waals surface area (Å²) in [4.78, 5) is 0. The van der Waals surface area contributed by atoms with Crippen LogP contribution in [0, 0.1) is 18.3 Å². The van der Waals surface area contributed by atoms with Crippen LogP contribution < -0.4 is 5.32 Å². The van der Waals surface area contributed by atoms with Gasteiger partial charge in [0.1, 0.15) is 0 Å². The Morgan fingerprint density at radius 2 is 1.90 bits per heavy atom. The van der Waals surface area contributed by atoms with Crippen LogP contribution >= 0.6 is 11.6 Å². The average molecular weight is 285 g/mol. The summed E-state index contributed by atoms with van der Waals surface area (Å²) in [6, 6.07) is 16.2. The smallest absolute Gasteiger partial charge is 0.0992 e. The van der Waals surface area contributed by atoms with Crippen LogP contribution in [0.2, 0.25) is 5.02 Å². The lowest BCUT2D eigenvalue weighted by Gasteiger charge is -2.15. The molecule has 2 aromatic carbocycles. The van der Waals surface area contributed by atoms with Crippen molar-refractivity contribution in [2.75, 3.05) is 0 Å². The Hall–Kier alpha value is -1.82. The molecule has 0 aromatic heterocycles. The highest BCUT2D eigenvalue weighted by atomic mass is 35.5. The first-order valence-corrected chi connectivity index (χ1v) is 6.96. The van der Waals surface area contributed by atoms with Gasteiger partial charge in [0, 0.05) is 17.6 Å². The second-order valence-corrected chi connectivity index (χ2v) is 5.34. The standard InChI is InChI=1S/C17H17ClN2/c1-12-3-6-15(7-4-12)13(2)20-11-16-8-5-14(10-19)9-17(16)18/h3-9,13,20H,11H2,1-2H3/t13-/m1/s1. The summed E-state index contributed by atoms with van der Waals surface area (Å²) < 4.78 is 0. The molecule has 0 aliphatic carbocycles. The molecule has 20 heavy (non-hydrogen) atoms. The first-order chi connectivity index (χ1) is 9.60. The zero-order valence-corrected chi connectivity index (χ0v) is 12.4. The molecule has 0 radical (unpaired) electrons. The molecule has 102 valence electrons. The summed E-state index contributed by atoms with van der Waals surface area (Å²) in [6.07, 6.45) is 0. The Morgan fingerprint density at radius 3 is 2.50 bits per heavy atom. The number of hydrogen-bond acceptors (Lipinski definition) is 2. The number of rotatable bonds is 4. The van der Waals surface area contributed by atoms with Crippen molar-refractivity contribution in [3.05, 3.63) is 69.7 Å². The van der Waals surface area contributed by atoms with Crippen molar-refractivity contribution < 1.29 is 0 Å². The van der Waals surface area contributed by atoms with E-state index >= 15 is 0 Å². The van der Waals surface area contributed by atoms with Crippen molar-refractivity contribution in [1.29, 1.82) is 5.26 Å².